The molecule has 1 aliphatic rings. The minimum atomic E-state index is -0.0492. The molecule has 0 atom stereocenters. The quantitative estimate of drug-likeness (QED) is 0.421. The molecule has 0 unspecified atom stereocenters. The molecule has 0 saturated heterocycles. The summed E-state index contributed by atoms with van der Waals surface area (Å²) in [6.45, 7) is 7.79. The van der Waals surface area contributed by atoms with E-state index in [1.54, 1.807) is 25.5 Å². The van der Waals surface area contributed by atoms with Crippen LogP contribution in [0.3, 0.4) is 0 Å². The molecule has 0 spiro atoms. The van der Waals surface area contributed by atoms with Crippen LogP contribution < -0.4 is 10.1 Å². The van der Waals surface area contributed by atoms with Gasteiger partial charge in [-0.1, -0.05) is 17.7 Å². The number of hydrogen-bond donors (Lipinski definition) is 1. The van der Waals surface area contributed by atoms with Gasteiger partial charge in [0, 0.05) is 55.8 Å². The molecule has 8 nitrogen and oxygen atoms in total. The average Bonchev–Trinajstić information content (AvgIpc) is 3.38. The van der Waals surface area contributed by atoms with Crippen molar-refractivity contribution in [1.29, 1.82) is 0 Å². The highest BCUT2D eigenvalue weighted by molar-refractivity contribution is 7.16. The molecule has 0 aliphatic carbocycles. The number of aliphatic imine (C=N–C) groups is 1. The second-order valence-electron chi connectivity index (χ2n) is 9.44. The van der Waals surface area contributed by atoms with Crippen molar-refractivity contribution in [3.05, 3.63) is 63.0 Å². The predicted molar refractivity (Wildman–Crippen MR) is 148 cm³/mol. The SMILES string of the molecule is CN=Cc1c(NC(=O)CCc2cc(C)ccc2OC)sc2c1CCN(C(=O)CCn1cc(C)nc1C)C2. The molecule has 3 aromatic rings. The van der Waals surface area contributed by atoms with Gasteiger partial charge in [-0.2, -0.15) is 0 Å². The molecule has 1 aliphatic heterocycles. The molecule has 3 heterocycles. The van der Waals surface area contributed by atoms with E-state index in [2.05, 4.69) is 21.4 Å². The number of rotatable bonds is 9. The Kier molecular flexibility index (Phi) is 8.43. The molecule has 1 N–H and O–H groups in total. The lowest BCUT2D eigenvalue weighted by molar-refractivity contribution is -0.132. The summed E-state index contributed by atoms with van der Waals surface area (Å²) in [5, 5.41) is 3.91. The molecule has 0 fully saturated rings. The zero-order valence-corrected chi connectivity index (χ0v) is 23.1. The number of aromatic nitrogens is 2. The summed E-state index contributed by atoms with van der Waals surface area (Å²) in [5.41, 5.74) is 5.26. The Morgan fingerprint density at radius 3 is 2.76 bits per heavy atom. The van der Waals surface area contributed by atoms with Crippen molar-refractivity contribution in [2.75, 3.05) is 26.0 Å². The molecule has 2 amide bonds. The normalized spacial score (nSPS) is 13.2. The Bertz CT molecular complexity index is 1320. The molecular formula is C28H35N5O3S. The third kappa shape index (κ3) is 6.28. The van der Waals surface area contributed by atoms with Crippen LogP contribution in [0.25, 0.3) is 0 Å². The lowest BCUT2D eigenvalue weighted by Gasteiger charge is -2.27. The number of nitrogens with one attached hydrogen (secondary N) is 1. The molecule has 196 valence electrons. The van der Waals surface area contributed by atoms with Crippen molar-refractivity contribution in [3.8, 4) is 5.75 Å². The third-order valence-electron chi connectivity index (χ3n) is 6.68. The van der Waals surface area contributed by atoms with Gasteiger partial charge >= 0.3 is 0 Å². The third-order valence-corrected chi connectivity index (χ3v) is 7.83. The van der Waals surface area contributed by atoms with Gasteiger partial charge in [0.2, 0.25) is 11.8 Å². The number of imidazole rings is 1. The van der Waals surface area contributed by atoms with E-state index in [4.69, 9.17) is 4.74 Å². The Morgan fingerprint density at radius 1 is 1.24 bits per heavy atom. The van der Waals surface area contributed by atoms with Crippen LogP contribution in [0.1, 0.15) is 51.5 Å². The van der Waals surface area contributed by atoms with Crippen molar-refractivity contribution in [3.63, 3.8) is 0 Å². The number of nitrogens with zero attached hydrogens (tertiary/aromatic N) is 4. The molecule has 1 aromatic carbocycles. The summed E-state index contributed by atoms with van der Waals surface area (Å²) in [4.78, 5) is 37.6. The van der Waals surface area contributed by atoms with Crippen LogP contribution >= 0.6 is 11.3 Å². The van der Waals surface area contributed by atoms with E-state index in [1.165, 1.54) is 5.56 Å². The van der Waals surface area contributed by atoms with Gasteiger partial charge in [0.15, 0.2) is 0 Å². The maximum Gasteiger partial charge on any atom is 0.225 e. The van der Waals surface area contributed by atoms with E-state index >= 15 is 0 Å². The first kappa shape index (κ1) is 26.6. The van der Waals surface area contributed by atoms with Crippen molar-refractivity contribution in [2.24, 2.45) is 4.99 Å². The lowest BCUT2D eigenvalue weighted by Crippen LogP contribution is -2.36. The van der Waals surface area contributed by atoms with Crippen LogP contribution in [0, 0.1) is 20.8 Å². The molecule has 2 aromatic heterocycles. The first-order valence-corrected chi connectivity index (χ1v) is 13.4. The van der Waals surface area contributed by atoms with E-state index in [0.717, 1.165) is 50.3 Å². The van der Waals surface area contributed by atoms with Gasteiger partial charge in [0.1, 0.15) is 16.6 Å². The number of methoxy groups -OCH3 is 1. The average molecular weight is 522 g/mol. The van der Waals surface area contributed by atoms with E-state index in [9.17, 15) is 9.59 Å². The molecule has 0 saturated carbocycles. The summed E-state index contributed by atoms with van der Waals surface area (Å²) in [6, 6.07) is 6.01. The standard InChI is InChI=1S/C28H35N5O3S/c1-18-6-8-24(36-5)21(14-18)7-9-26(34)31-28-23(15-29-4)22-10-12-33(17-25(22)37-28)27(35)11-13-32-16-19(2)30-20(32)3/h6,8,14-16H,7,9-13,17H2,1-5H3,(H,31,34). The largest absolute Gasteiger partial charge is 0.496 e. The summed E-state index contributed by atoms with van der Waals surface area (Å²) in [7, 11) is 3.38. The van der Waals surface area contributed by atoms with Crippen molar-refractivity contribution >= 4 is 34.4 Å². The fraction of sp³-hybridized carbons (Fsp3) is 0.429. The number of carbonyl (C=O) groups excluding carboxylic acids is 2. The second kappa shape index (κ2) is 11.7. The van der Waals surface area contributed by atoms with Crippen molar-refractivity contribution in [1.82, 2.24) is 14.5 Å². The summed E-state index contributed by atoms with van der Waals surface area (Å²) in [5.74, 6) is 1.81. The number of hydrogen-bond acceptors (Lipinski definition) is 6. The van der Waals surface area contributed by atoms with Gasteiger partial charge < -0.3 is 19.5 Å². The Balaban J connectivity index is 1.41. The smallest absolute Gasteiger partial charge is 0.225 e. The van der Waals surface area contributed by atoms with Gasteiger partial charge in [0.05, 0.1) is 19.3 Å². The maximum atomic E-state index is 13.0. The van der Waals surface area contributed by atoms with Crippen molar-refractivity contribution < 1.29 is 14.3 Å². The van der Waals surface area contributed by atoms with Crippen LogP contribution in [0.2, 0.25) is 0 Å². The zero-order valence-electron chi connectivity index (χ0n) is 22.3. The lowest BCUT2D eigenvalue weighted by atomic mass is 10.0. The number of aryl methyl sites for hydroxylation is 5. The molecule has 0 bridgehead atoms. The summed E-state index contributed by atoms with van der Waals surface area (Å²) in [6.07, 6.45) is 5.93. The number of anilines is 1. The van der Waals surface area contributed by atoms with Gasteiger partial charge in [-0.25, -0.2) is 4.98 Å². The second-order valence-corrected chi connectivity index (χ2v) is 10.5. The molecule has 9 heteroatoms. The van der Waals surface area contributed by atoms with E-state index in [1.807, 2.05) is 54.8 Å². The van der Waals surface area contributed by atoms with Crippen molar-refractivity contribution in [2.45, 2.75) is 59.5 Å². The van der Waals surface area contributed by atoms with Gasteiger partial charge in [-0.05, 0) is 50.8 Å². The van der Waals surface area contributed by atoms with Crippen LogP contribution in [0.15, 0.2) is 29.4 Å². The highest BCUT2D eigenvalue weighted by atomic mass is 32.1. The Morgan fingerprint density at radius 2 is 2.05 bits per heavy atom. The monoisotopic (exact) mass is 521 g/mol. The number of fused-ring (bicyclic) bond motifs is 1. The van der Waals surface area contributed by atoms with E-state index < -0.39 is 0 Å². The minimum Gasteiger partial charge on any atom is -0.496 e. The maximum absolute atomic E-state index is 13.0. The molecule has 4 rings (SSSR count). The first-order chi connectivity index (χ1) is 17.8. The van der Waals surface area contributed by atoms with Crippen LogP contribution in [0.4, 0.5) is 5.00 Å². The highest BCUT2D eigenvalue weighted by Crippen LogP contribution is 2.36. The Labute approximate surface area is 222 Å². The molecular weight excluding hydrogens is 486 g/mol. The first-order valence-electron chi connectivity index (χ1n) is 12.6. The predicted octanol–water partition coefficient (Wildman–Crippen LogP) is 4.47. The number of amides is 2. The topological polar surface area (TPSA) is 88.8 Å². The minimum absolute atomic E-state index is 0.0492. The van der Waals surface area contributed by atoms with E-state index in [-0.39, 0.29) is 11.8 Å². The zero-order chi connectivity index (χ0) is 26.5. The fourth-order valence-corrected chi connectivity index (χ4v) is 6.06. The summed E-state index contributed by atoms with van der Waals surface area (Å²) < 4.78 is 7.48. The number of ether oxygens (including phenoxy) is 1. The number of thiophene rings is 1. The number of carbonyl (C=O) groups is 2. The molecule has 37 heavy (non-hydrogen) atoms. The number of benzene rings is 1. The van der Waals surface area contributed by atoms with Gasteiger partial charge in [-0.3, -0.25) is 14.6 Å². The highest BCUT2D eigenvalue weighted by Gasteiger charge is 2.27. The van der Waals surface area contributed by atoms with Crippen LogP contribution in [-0.4, -0.2) is 53.2 Å². The van der Waals surface area contributed by atoms with Crippen LogP contribution in [0.5, 0.6) is 5.75 Å². The van der Waals surface area contributed by atoms with Gasteiger partial charge in [-0.15, -0.1) is 11.3 Å². The Hall–Kier alpha value is -3.46. The summed E-state index contributed by atoms with van der Waals surface area (Å²) >= 11 is 1.55. The van der Waals surface area contributed by atoms with E-state index in [0.29, 0.717) is 38.9 Å². The van der Waals surface area contributed by atoms with Gasteiger partial charge in [0.25, 0.3) is 0 Å². The molecule has 0 radical (unpaired) electrons. The van der Waals surface area contributed by atoms with Crippen LogP contribution in [-0.2, 0) is 35.5 Å². The fourth-order valence-electron chi connectivity index (χ4n) is 4.81.